The molecule has 0 aliphatic carbocycles. The van der Waals surface area contributed by atoms with Crippen LogP contribution in [0.1, 0.15) is 17.7 Å². The normalized spacial score (nSPS) is 11.4. The largest absolute Gasteiger partial charge is 0.574 e. The van der Waals surface area contributed by atoms with Crippen LogP contribution in [0.25, 0.3) is 0 Å². The molecular formula is C8H4F5N3O. The number of aromatic nitrogens is 1. The van der Waals surface area contributed by atoms with Crippen LogP contribution in [0.5, 0.6) is 5.88 Å². The maximum Gasteiger partial charge on any atom is 0.574 e. The average molecular weight is 253 g/mol. The summed E-state index contributed by atoms with van der Waals surface area (Å²) >= 11 is 0. The standard InChI is InChI=1S/C8H4F5N3O/c9-7(10)6-3(2-14)4(15)1-5(16-6)17-8(11,12)13/h1,7H,(H2,15,16). The second kappa shape index (κ2) is 4.40. The number of ether oxygens (including phenoxy) is 1. The molecule has 0 amide bonds. The van der Waals surface area contributed by atoms with E-state index in [1.54, 1.807) is 0 Å². The van der Waals surface area contributed by atoms with Gasteiger partial charge in [0.05, 0.1) is 5.69 Å². The first-order valence-corrected chi connectivity index (χ1v) is 3.99. The van der Waals surface area contributed by atoms with Gasteiger partial charge in [0.1, 0.15) is 17.3 Å². The predicted molar refractivity (Wildman–Crippen MR) is 45.0 cm³/mol. The van der Waals surface area contributed by atoms with E-state index in [9.17, 15) is 22.0 Å². The molecule has 0 atom stereocenters. The SMILES string of the molecule is N#Cc1c(N)cc(OC(F)(F)F)nc1C(F)F. The molecule has 0 aliphatic rings. The Balaban J connectivity index is 3.26. The molecule has 0 saturated carbocycles. The lowest BCUT2D eigenvalue weighted by molar-refractivity contribution is -0.276. The first-order chi connectivity index (χ1) is 7.74. The van der Waals surface area contributed by atoms with Crippen molar-refractivity contribution >= 4 is 5.69 Å². The Morgan fingerprint density at radius 3 is 2.41 bits per heavy atom. The number of nitrogens with two attached hydrogens (primary N) is 1. The lowest BCUT2D eigenvalue weighted by atomic mass is 10.2. The Hall–Kier alpha value is -2.11. The maximum absolute atomic E-state index is 12.4. The van der Waals surface area contributed by atoms with Gasteiger partial charge in [-0.15, -0.1) is 13.2 Å². The minimum atomic E-state index is -5.08. The van der Waals surface area contributed by atoms with E-state index >= 15 is 0 Å². The third kappa shape index (κ3) is 3.17. The fraction of sp³-hybridized carbons (Fsp3) is 0.250. The van der Waals surface area contributed by atoms with Crippen molar-refractivity contribution in [2.45, 2.75) is 12.8 Å². The van der Waals surface area contributed by atoms with Crippen molar-refractivity contribution < 1.29 is 26.7 Å². The number of alkyl halides is 5. The van der Waals surface area contributed by atoms with Gasteiger partial charge in [-0.2, -0.15) is 5.26 Å². The number of nitrogen functional groups attached to an aromatic ring is 1. The molecule has 9 heteroatoms. The molecule has 0 aliphatic heterocycles. The number of nitrogens with zero attached hydrogens (tertiary/aromatic N) is 2. The summed E-state index contributed by atoms with van der Waals surface area (Å²) in [6, 6.07) is 1.88. The molecule has 0 saturated heterocycles. The summed E-state index contributed by atoms with van der Waals surface area (Å²) < 4.78 is 63.6. The summed E-state index contributed by atoms with van der Waals surface area (Å²) in [4.78, 5) is 2.89. The zero-order valence-corrected chi connectivity index (χ0v) is 7.92. The van der Waals surface area contributed by atoms with Crippen molar-refractivity contribution in [1.82, 2.24) is 4.98 Å². The summed E-state index contributed by atoms with van der Waals surface area (Å²) in [5, 5.41) is 8.51. The molecule has 0 aromatic carbocycles. The summed E-state index contributed by atoms with van der Waals surface area (Å²) in [6.07, 6.45) is -8.31. The van der Waals surface area contributed by atoms with Crippen molar-refractivity contribution in [1.29, 1.82) is 5.26 Å². The molecule has 4 nitrogen and oxygen atoms in total. The minimum absolute atomic E-state index is 0.553. The molecule has 0 spiro atoms. The number of hydrogen-bond acceptors (Lipinski definition) is 4. The van der Waals surface area contributed by atoms with Crippen LogP contribution in [0, 0.1) is 11.3 Å². The van der Waals surface area contributed by atoms with E-state index in [4.69, 9.17) is 11.0 Å². The number of anilines is 1. The second-order valence-electron chi connectivity index (χ2n) is 2.77. The van der Waals surface area contributed by atoms with E-state index in [2.05, 4.69) is 9.72 Å². The third-order valence-corrected chi connectivity index (χ3v) is 1.59. The van der Waals surface area contributed by atoms with Gasteiger partial charge in [0, 0.05) is 6.07 Å². The Labute approximate surface area is 91.4 Å². The maximum atomic E-state index is 12.4. The van der Waals surface area contributed by atoms with Gasteiger partial charge < -0.3 is 10.5 Å². The molecule has 1 heterocycles. The Kier molecular flexibility index (Phi) is 3.36. The fourth-order valence-corrected chi connectivity index (χ4v) is 1.01. The third-order valence-electron chi connectivity index (χ3n) is 1.59. The highest BCUT2D eigenvalue weighted by atomic mass is 19.4. The van der Waals surface area contributed by atoms with Gasteiger partial charge in [-0.05, 0) is 0 Å². The van der Waals surface area contributed by atoms with E-state index in [-0.39, 0.29) is 0 Å². The van der Waals surface area contributed by atoms with Gasteiger partial charge in [-0.25, -0.2) is 13.8 Å². The average Bonchev–Trinajstić information content (AvgIpc) is 2.13. The van der Waals surface area contributed by atoms with Crippen LogP contribution in [0.2, 0.25) is 0 Å². The van der Waals surface area contributed by atoms with E-state index in [1.807, 2.05) is 0 Å². The van der Waals surface area contributed by atoms with Crippen LogP contribution in [0.3, 0.4) is 0 Å². The topological polar surface area (TPSA) is 71.9 Å². The van der Waals surface area contributed by atoms with Crippen LogP contribution < -0.4 is 10.5 Å². The Bertz CT molecular complexity index is 465. The summed E-state index contributed by atoms with van der Waals surface area (Å²) in [6.45, 7) is 0. The van der Waals surface area contributed by atoms with Crippen molar-refractivity contribution in [2.75, 3.05) is 5.73 Å². The van der Waals surface area contributed by atoms with E-state index in [0.29, 0.717) is 6.07 Å². The van der Waals surface area contributed by atoms with Crippen molar-refractivity contribution in [3.8, 4) is 11.9 Å². The molecular weight excluding hydrogens is 249 g/mol. The van der Waals surface area contributed by atoms with Gasteiger partial charge in [-0.1, -0.05) is 0 Å². The minimum Gasteiger partial charge on any atom is -0.397 e. The highest BCUT2D eigenvalue weighted by molar-refractivity contribution is 5.58. The van der Waals surface area contributed by atoms with E-state index in [1.165, 1.54) is 6.07 Å². The smallest absolute Gasteiger partial charge is 0.397 e. The second-order valence-corrected chi connectivity index (χ2v) is 2.77. The molecule has 17 heavy (non-hydrogen) atoms. The lowest BCUT2D eigenvalue weighted by Gasteiger charge is -2.11. The van der Waals surface area contributed by atoms with E-state index in [0.717, 1.165) is 0 Å². The quantitative estimate of drug-likeness (QED) is 0.821. The molecule has 2 N–H and O–H groups in total. The molecule has 0 unspecified atom stereocenters. The highest BCUT2D eigenvalue weighted by Gasteiger charge is 2.33. The first kappa shape index (κ1) is 13.0. The van der Waals surface area contributed by atoms with Crippen LogP contribution in [0.4, 0.5) is 27.6 Å². The molecule has 0 fully saturated rings. The van der Waals surface area contributed by atoms with Crippen LogP contribution in [0.15, 0.2) is 6.07 Å². The molecule has 92 valence electrons. The highest BCUT2D eigenvalue weighted by Crippen LogP contribution is 2.30. The molecule has 1 aromatic heterocycles. The molecule has 0 radical (unpaired) electrons. The Morgan fingerprint density at radius 1 is 1.41 bits per heavy atom. The van der Waals surface area contributed by atoms with Crippen molar-refractivity contribution in [2.24, 2.45) is 0 Å². The zero-order chi connectivity index (χ0) is 13.2. The fourth-order valence-electron chi connectivity index (χ4n) is 1.01. The summed E-state index contributed by atoms with van der Waals surface area (Å²) in [5.41, 5.74) is 2.77. The number of nitriles is 1. The number of rotatable bonds is 2. The van der Waals surface area contributed by atoms with Gasteiger partial charge >= 0.3 is 6.36 Å². The van der Waals surface area contributed by atoms with Gasteiger partial charge in [0.15, 0.2) is 0 Å². The monoisotopic (exact) mass is 253 g/mol. The number of pyridine rings is 1. The lowest BCUT2D eigenvalue weighted by Crippen LogP contribution is -2.19. The van der Waals surface area contributed by atoms with Crippen molar-refractivity contribution in [3.63, 3.8) is 0 Å². The summed E-state index contributed by atoms with van der Waals surface area (Å²) in [5.74, 6) is -1.13. The summed E-state index contributed by atoms with van der Waals surface area (Å²) in [7, 11) is 0. The first-order valence-electron chi connectivity index (χ1n) is 3.99. The number of halogens is 5. The van der Waals surface area contributed by atoms with Crippen molar-refractivity contribution in [3.05, 3.63) is 17.3 Å². The predicted octanol–water partition coefficient (Wildman–Crippen LogP) is 2.37. The van der Waals surface area contributed by atoms with Gasteiger partial charge in [-0.3, -0.25) is 0 Å². The van der Waals surface area contributed by atoms with Gasteiger partial charge in [0.2, 0.25) is 5.88 Å². The molecule has 1 rings (SSSR count). The van der Waals surface area contributed by atoms with Gasteiger partial charge in [0.25, 0.3) is 6.43 Å². The molecule has 0 bridgehead atoms. The van der Waals surface area contributed by atoms with Crippen LogP contribution >= 0.6 is 0 Å². The van der Waals surface area contributed by atoms with Crippen LogP contribution in [-0.2, 0) is 0 Å². The molecule has 1 aromatic rings. The van der Waals surface area contributed by atoms with E-state index < -0.39 is 35.6 Å². The van der Waals surface area contributed by atoms with Crippen LogP contribution in [-0.4, -0.2) is 11.3 Å². The Morgan fingerprint density at radius 2 is 2.00 bits per heavy atom. The zero-order valence-electron chi connectivity index (χ0n) is 7.92. The number of hydrogen-bond donors (Lipinski definition) is 1.